The van der Waals surface area contributed by atoms with Crippen LogP contribution in [0.1, 0.15) is 22.5 Å². The van der Waals surface area contributed by atoms with Gasteiger partial charge in [0.25, 0.3) is 0 Å². The summed E-state index contributed by atoms with van der Waals surface area (Å²) in [4.78, 5) is 30.7. The highest BCUT2D eigenvalue weighted by Crippen LogP contribution is 2.29. The van der Waals surface area contributed by atoms with E-state index in [-0.39, 0.29) is 28.6 Å². The molecule has 2 aromatic heterocycles. The van der Waals surface area contributed by atoms with Crippen molar-refractivity contribution in [2.24, 2.45) is 0 Å². The zero-order valence-electron chi connectivity index (χ0n) is 15.4. The summed E-state index contributed by atoms with van der Waals surface area (Å²) in [6, 6.07) is 5.69. The van der Waals surface area contributed by atoms with E-state index in [0.29, 0.717) is 17.0 Å². The lowest BCUT2D eigenvalue weighted by atomic mass is 10.0. The Balaban J connectivity index is 1.82. The van der Waals surface area contributed by atoms with Crippen molar-refractivity contribution < 1.29 is 17.9 Å². The topological polar surface area (TPSA) is 75.0 Å². The van der Waals surface area contributed by atoms with Crippen molar-refractivity contribution in [3.63, 3.8) is 0 Å². The van der Waals surface area contributed by atoms with Gasteiger partial charge in [0, 0.05) is 23.7 Å². The molecule has 0 atom stereocenters. The first-order valence-electron chi connectivity index (χ1n) is 8.49. The van der Waals surface area contributed by atoms with E-state index in [1.54, 1.807) is 13.8 Å². The minimum Gasteiger partial charge on any atom is -0.474 e. The summed E-state index contributed by atoms with van der Waals surface area (Å²) >= 11 is 5.99. The molecule has 9 heteroatoms. The molecular formula is C20H16ClF3N2O3. The van der Waals surface area contributed by atoms with Crippen LogP contribution in [0.2, 0.25) is 5.02 Å². The molecule has 0 unspecified atom stereocenters. The lowest BCUT2D eigenvalue weighted by Gasteiger charge is -2.11. The van der Waals surface area contributed by atoms with Crippen molar-refractivity contribution in [3.05, 3.63) is 84.5 Å². The van der Waals surface area contributed by atoms with E-state index in [0.717, 1.165) is 12.1 Å². The molecule has 152 valence electrons. The van der Waals surface area contributed by atoms with E-state index in [9.17, 15) is 22.8 Å². The van der Waals surface area contributed by atoms with E-state index < -0.39 is 22.6 Å². The smallest absolute Gasteiger partial charge is 0.416 e. The molecule has 5 nitrogen and oxygen atoms in total. The van der Waals surface area contributed by atoms with Gasteiger partial charge in [0.2, 0.25) is 5.43 Å². The van der Waals surface area contributed by atoms with Gasteiger partial charge in [-0.05, 0) is 31.5 Å². The average Bonchev–Trinajstić information content (AvgIpc) is 2.65. The standard InChI is InChI=1S/C20H16ClF3N2O3/c1-10-17(19(28)18(21)11(2)26-10)14-8-25-16(7-15(14)27)29-9-12-3-5-13(6-4-12)20(22,23)24/h3-8H,9H2,1-2H3,(H,25,27)(H,26,28). The lowest BCUT2D eigenvalue weighted by Crippen LogP contribution is -2.17. The van der Waals surface area contributed by atoms with Gasteiger partial charge in [-0.25, -0.2) is 0 Å². The van der Waals surface area contributed by atoms with Crippen molar-refractivity contribution >= 4 is 11.6 Å². The zero-order valence-corrected chi connectivity index (χ0v) is 16.2. The van der Waals surface area contributed by atoms with Crippen molar-refractivity contribution in [3.8, 4) is 17.0 Å². The SMILES string of the molecule is Cc1[nH]c(C)c(-c2c[nH]c(OCc3ccc(C(F)(F)F)cc3)cc2=O)c(=O)c1Cl. The van der Waals surface area contributed by atoms with Crippen molar-refractivity contribution in [2.45, 2.75) is 26.6 Å². The summed E-state index contributed by atoms with van der Waals surface area (Å²) < 4.78 is 43.2. The Hall–Kier alpha value is -3.00. The van der Waals surface area contributed by atoms with Crippen LogP contribution < -0.4 is 15.6 Å². The van der Waals surface area contributed by atoms with Gasteiger partial charge in [-0.15, -0.1) is 0 Å². The number of hydrogen-bond donors (Lipinski definition) is 2. The molecule has 0 spiro atoms. The van der Waals surface area contributed by atoms with Crippen LogP contribution in [0.5, 0.6) is 5.88 Å². The normalized spacial score (nSPS) is 11.5. The maximum atomic E-state index is 12.6. The molecule has 0 radical (unpaired) electrons. The van der Waals surface area contributed by atoms with Gasteiger partial charge in [-0.1, -0.05) is 23.7 Å². The molecule has 1 aromatic carbocycles. The highest BCUT2D eigenvalue weighted by molar-refractivity contribution is 6.31. The molecule has 2 heterocycles. The molecule has 29 heavy (non-hydrogen) atoms. The number of nitrogens with one attached hydrogen (secondary N) is 2. The van der Waals surface area contributed by atoms with Crippen molar-refractivity contribution in [1.29, 1.82) is 0 Å². The van der Waals surface area contributed by atoms with Gasteiger partial charge in [0.15, 0.2) is 11.3 Å². The van der Waals surface area contributed by atoms with Crippen molar-refractivity contribution in [1.82, 2.24) is 9.97 Å². The van der Waals surface area contributed by atoms with Crippen LogP contribution in [-0.4, -0.2) is 9.97 Å². The Kier molecular flexibility index (Phi) is 5.57. The Morgan fingerprint density at radius 3 is 2.31 bits per heavy atom. The molecule has 0 aliphatic carbocycles. The fourth-order valence-electron chi connectivity index (χ4n) is 2.86. The van der Waals surface area contributed by atoms with Gasteiger partial charge in [-0.3, -0.25) is 9.59 Å². The molecule has 3 rings (SSSR count). The van der Waals surface area contributed by atoms with Gasteiger partial charge in [0.1, 0.15) is 11.6 Å². The third-order valence-electron chi connectivity index (χ3n) is 4.34. The van der Waals surface area contributed by atoms with Crippen LogP contribution in [0.3, 0.4) is 0 Å². The summed E-state index contributed by atoms with van der Waals surface area (Å²) in [5.74, 6) is 0.117. The number of rotatable bonds is 4. The Morgan fingerprint density at radius 1 is 1.07 bits per heavy atom. The maximum Gasteiger partial charge on any atom is 0.416 e. The molecule has 0 bridgehead atoms. The van der Waals surface area contributed by atoms with Gasteiger partial charge in [-0.2, -0.15) is 13.2 Å². The number of alkyl halides is 3. The van der Waals surface area contributed by atoms with Gasteiger partial charge < -0.3 is 14.7 Å². The molecule has 2 N–H and O–H groups in total. The predicted octanol–water partition coefficient (Wildman–Crippen LogP) is 4.60. The van der Waals surface area contributed by atoms with E-state index in [2.05, 4.69) is 9.97 Å². The first-order chi connectivity index (χ1) is 13.6. The van der Waals surface area contributed by atoms with Crippen LogP contribution in [0.25, 0.3) is 11.1 Å². The monoisotopic (exact) mass is 424 g/mol. The second-order valence-corrected chi connectivity index (χ2v) is 6.83. The number of aryl methyl sites for hydroxylation is 2. The first-order valence-corrected chi connectivity index (χ1v) is 8.86. The van der Waals surface area contributed by atoms with Crippen LogP contribution in [0, 0.1) is 13.8 Å². The largest absolute Gasteiger partial charge is 0.474 e. The number of benzene rings is 1. The van der Waals surface area contributed by atoms with Gasteiger partial charge >= 0.3 is 6.18 Å². The Morgan fingerprint density at radius 2 is 1.72 bits per heavy atom. The third kappa shape index (κ3) is 4.37. The highest BCUT2D eigenvalue weighted by Gasteiger charge is 2.29. The highest BCUT2D eigenvalue weighted by atomic mass is 35.5. The van der Waals surface area contributed by atoms with Crippen LogP contribution in [0.15, 0.2) is 46.1 Å². The van der Waals surface area contributed by atoms with Crippen molar-refractivity contribution in [2.75, 3.05) is 0 Å². The molecule has 0 saturated carbocycles. The summed E-state index contributed by atoms with van der Waals surface area (Å²) in [7, 11) is 0. The van der Waals surface area contributed by atoms with E-state index in [4.69, 9.17) is 16.3 Å². The molecule has 0 aliphatic heterocycles. The third-order valence-corrected chi connectivity index (χ3v) is 4.79. The van der Waals surface area contributed by atoms with Crippen LogP contribution in [0.4, 0.5) is 13.2 Å². The molecule has 0 saturated heterocycles. The molecular weight excluding hydrogens is 409 g/mol. The second kappa shape index (κ2) is 7.79. The fraction of sp³-hybridized carbons (Fsp3) is 0.200. The summed E-state index contributed by atoms with van der Waals surface area (Å²) in [6.07, 6.45) is -3.07. The van der Waals surface area contributed by atoms with E-state index in [1.165, 1.54) is 24.4 Å². The minimum atomic E-state index is -4.41. The maximum absolute atomic E-state index is 12.6. The Bertz CT molecular complexity index is 1170. The quantitative estimate of drug-likeness (QED) is 0.642. The number of pyridine rings is 2. The summed E-state index contributed by atoms with van der Waals surface area (Å²) in [6.45, 7) is 3.28. The minimum absolute atomic E-state index is 0.00707. The molecule has 0 fully saturated rings. The molecule has 0 amide bonds. The summed E-state index contributed by atoms with van der Waals surface area (Å²) in [5, 5.41) is 0.00707. The number of ether oxygens (including phenoxy) is 1. The van der Waals surface area contributed by atoms with Crippen LogP contribution >= 0.6 is 11.6 Å². The van der Waals surface area contributed by atoms with Gasteiger partial charge in [0.05, 0.1) is 16.7 Å². The number of halogens is 4. The van der Waals surface area contributed by atoms with E-state index in [1.807, 2.05) is 0 Å². The lowest BCUT2D eigenvalue weighted by molar-refractivity contribution is -0.137. The fourth-order valence-corrected chi connectivity index (χ4v) is 3.00. The predicted molar refractivity (Wildman–Crippen MR) is 103 cm³/mol. The molecule has 3 aromatic rings. The van der Waals surface area contributed by atoms with E-state index >= 15 is 0 Å². The first kappa shape index (κ1) is 20.7. The zero-order chi connectivity index (χ0) is 21.3. The van der Waals surface area contributed by atoms with Crippen LogP contribution in [-0.2, 0) is 12.8 Å². The number of aromatic amines is 2. The second-order valence-electron chi connectivity index (χ2n) is 6.45. The average molecular weight is 425 g/mol. The number of H-pyrrole nitrogens is 2. The Labute approximate surface area is 168 Å². The number of aromatic nitrogens is 2. The summed E-state index contributed by atoms with van der Waals surface area (Å²) in [5.41, 5.74) is 0.135. The number of hydrogen-bond acceptors (Lipinski definition) is 3. The molecule has 0 aliphatic rings.